The van der Waals surface area contributed by atoms with E-state index in [1.807, 2.05) is 13.8 Å². The van der Waals surface area contributed by atoms with Crippen LogP contribution >= 0.6 is 8.25 Å². The molecule has 0 saturated heterocycles. The van der Waals surface area contributed by atoms with Crippen molar-refractivity contribution >= 4 is 8.25 Å². The summed E-state index contributed by atoms with van der Waals surface area (Å²) in [6.07, 6.45) is 0.495. The molecular formula is C9H20O5P+. The first kappa shape index (κ1) is 14.9. The molecule has 0 aliphatic rings. The molecule has 0 fully saturated rings. The third kappa shape index (κ3) is 6.93. The second-order valence-electron chi connectivity index (χ2n) is 3.18. The van der Waals surface area contributed by atoms with E-state index in [0.29, 0.717) is 19.6 Å². The number of aliphatic hydroxyl groups excluding tert-OH is 1. The lowest BCUT2D eigenvalue weighted by molar-refractivity contribution is -0.0175. The fourth-order valence-electron chi connectivity index (χ4n) is 1.16. The molecule has 6 heteroatoms. The van der Waals surface area contributed by atoms with Crippen molar-refractivity contribution in [1.29, 1.82) is 0 Å². The van der Waals surface area contributed by atoms with E-state index < -0.39 is 8.25 Å². The van der Waals surface area contributed by atoms with E-state index in [1.165, 1.54) is 7.11 Å². The van der Waals surface area contributed by atoms with Gasteiger partial charge in [0.05, 0.1) is 19.8 Å². The summed E-state index contributed by atoms with van der Waals surface area (Å²) in [4.78, 5) is 0. The van der Waals surface area contributed by atoms with E-state index in [-0.39, 0.29) is 18.6 Å². The molecule has 0 aliphatic heterocycles. The number of hydrogen-bond donors (Lipinski definition) is 1. The Kier molecular flexibility index (Phi) is 9.15. The molecule has 0 rings (SSSR count). The lowest BCUT2D eigenvalue weighted by Gasteiger charge is -2.20. The van der Waals surface area contributed by atoms with Crippen LogP contribution in [0.25, 0.3) is 0 Å². The Morgan fingerprint density at radius 3 is 2.60 bits per heavy atom. The second kappa shape index (κ2) is 9.19. The Morgan fingerprint density at radius 2 is 2.13 bits per heavy atom. The molecule has 0 bridgehead atoms. The minimum Gasteiger partial charge on any atom is -0.394 e. The van der Waals surface area contributed by atoms with Crippen LogP contribution in [0.15, 0.2) is 0 Å². The van der Waals surface area contributed by atoms with Gasteiger partial charge in [-0.05, 0) is 19.3 Å². The summed E-state index contributed by atoms with van der Waals surface area (Å²) in [6, 6.07) is 0. The van der Waals surface area contributed by atoms with Gasteiger partial charge >= 0.3 is 8.25 Å². The van der Waals surface area contributed by atoms with Crippen LogP contribution in [-0.4, -0.2) is 38.1 Å². The molecule has 3 atom stereocenters. The van der Waals surface area contributed by atoms with Crippen LogP contribution in [0.4, 0.5) is 0 Å². The molecule has 0 aromatic heterocycles. The van der Waals surface area contributed by atoms with Crippen molar-refractivity contribution in [3.05, 3.63) is 0 Å². The summed E-state index contributed by atoms with van der Waals surface area (Å²) in [5, 5.41) is 9.03. The summed E-state index contributed by atoms with van der Waals surface area (Å²) in [6.45, 7) is 4.75. The fourth-order valence-corrected chi connectivity index (χ4v) is 1.52. The Bertz CT molecular complexity index is 176. The van der Waals surface area contributed by atoms with E-state index in [4.69, 9.17) is 14.4 Å². The van der Waals surface area contributed by atoms with Crippen LogP contribution in [0.2, 0.25) is 0 Å². The van der Waals surface area contributed by atoms with Gasteiger partial charge in [0, 0.05) is 11.2 Å². The number of ether oxygens (including phenoxy) is 1. The normalized spacial score (nSPS) is 16.1. The topological polar surface area (TPSA) is 65.0 Å². The van der Waals surface area contributed by atoms with E-state index in [0.717, 1.165) is 0 Å². The quantitative estimate of drug-likeness (QED) is 0.621. The third-order valence-corrected chi connectivity index (χ3v) is 2.81. The van der Waals surface area contributed by atoms with Crippen molar-refractivity contribution in [2.24, 2.45) is 5.92 Å². The lowest BCUT2D eigenvalue weighted by atomic mass is 10.0. The lowest BCUT2D eigenvalue weighted by Crippen LogP contribution is -2.26. The van der Waals surface area contributed by atoms with Crippen LogP contribution in [0.5, 0.6) is 0 Å². The zero-order valence-corrected chi connectivity index (χ0v) is 10.4. The molecule has 0 aliphatic carbocycles. The molecule has 0 heterocycles. The Hall–Kier alpha value is -0.0600. The highest BCUT2D eigenvalue weighted by Crippen LogP contribution is 2.23. The standard InChI is InChI=1S/C9H20O5P/c1-4-13-9(7-10)8(2)5-6-14-15(11)12-3/h8-10H,4-7H2,1-3H3/q+1. The van der Waals surface area contributed by atoms with Crippen molar-refractivity contribution in [1.82, 2.24) is 0 Å². The number of aliphatic hydroxyl groups is 1. The maximum absolute atomic E-state index is 10.8. The molecule has 90 valence electrons. The van der Waals surface area contributed by atoms with Crippen molar-refractivity contribution in [3.63, 3.8) is 0 Å². The van der Waals surface area contributed by atoms with Crippen LogP contribution in [-0.2, 0) is 18.3 Å². The highest BCUT2D eigenvalue weighted by atomic mass is 31.1. The first-order valence-corrected chi connectivity index (χ1v) is 6.11. The SMILES string of the molecule is CCOC(CO)C(C)CCO[P+](=O)OC. The van der Waals surface area contributed by atoms with Crippen molar-refractivity contribution in [3.8, 4) is 0 Å². The Morgan fingerprint density at radius 1 is 1.47 bits per heavy atom. The van der Waals surface area contributed by atoms with Crippen LogP contribution in [0.1, 0.15) is 20.3 Å². The maximum atomic E-state index is 10.8. The van der Waals surface area contributed by atoms with E-state index >= 15 is 0 Å². The Balaban J connectivity index is 3.70. The largest absolute Gasteiger partial charge is 0.697 e. The minimum absolute atomic E-state index is 0.00851. The highest BCUT2D eigenvalue weighted by Gasteiger charge is 2.21. The molecule has 1 N–H and O–H groups in total. The Labute approximate surface area is 91.7 Å². The second-order valence-corrected chi connectivity index (χ2v) is 4.25. The summed E-state index contributed by atoms with van der Waals surface area (Å²) >= 11 is 0. The summed E-state index contributed by atoms with van der Waals surface area (Å²) in [5.41, 5.74) is 0. The van der Waals surface area contributed by atoms with E-state index in [2.05, 4.69) is 4.52 Å². The molecule has 0 aromatic carbocycles. The summed E-state index contributed by atoms with van der Waals surface area (Å²) in [7, 11) is -0.662. The average molecular weight is 239 g/mol. The third-order valence-electron chi connectivity index (χ3n) is 2.11. The van der Waals surface area contributed by atoms with Crippen LogP contribution < -0.4 is 0 Å². The molecule has 15 heavy (non-hydrogen) atoms. The molecule has 0 aromatic rings. The van der Waals surface area contributed by atoms with Gasteiger partial charge in [-0.1, -0.05) is 6.92 Å². The van der Waals surface area contributed by atoms with Gasteiger partial charge in [0.2, 0.25) is 0 Å². The van der Waals surface area contributed by atoms with Gasteiger partial charge in [0.25, 0.3) is 0 Å². The zero-order chi connectivity index (χ0) is 11.7. The number of hydrogen-bond acceptors (Lipinski definition) is 5. The van der Waals surface area contributed by atoms with Crippen molar-refractivity contribution in [2.75, 3.05) is 26.9 Å². The molecule has 0 saturated carbocycles. The molecule has 0 amide bonds. The fraction of sp³-hybridized carbons (Fsp3) is 1.00. The highest BCUT2D eigenvalue weighted by molar-refractivity contribution is 7.33. The van der Waals surface area contributed by atoms with E-state index in [1.54, 1.807) is 0 Å². The smallest absolute Gasteiger partial charge is 0.394 e. The van der Waals surface area contributed by atoms with Gasteiger partial charge in [0.15, 0.2) is 0 Å². The van der Waals surface area contributed by atoms with Crippen molar-refractivity contribution in [2.45, 2.75) is 26.4 Å². The molecule has 3 unspecified atom stereocenters. The van der Waals surface area contributed by atoms with Crippen LogP contribution in [0.3, 0.4) is 0 Å². The first-order valence-electron chi connectivity index (χ1n) is 5.02. The average Bonchev–Trinajstić information content (AvgIpc) is 2.25. The molecule has 0 radical (unpaired) electrons. The van der Waals surface area contributed by atoms with Crippen LogP contribution in [0, 0.1) is 5.92 Å². The maximum Gasteiger partial charge on any atom is 0.697 e. The minimum atomic E-state index is -1.99. The summed E-state index contributed by atoms with van der Waals surface area (Å²) in [5.74, 6) is 0.162. The van der Waals surface area contributed by atoms with E-state index in [9.17, 15) is 4.57 Å². The van der Waals surface area contributed by atoms with Gasteiger partial charge in [-0.15, -0.1) is 9.05 Å². The monoisotopic (exact) mass is 239 g/mol. The van der Waals surface area contributed by atoms with Gasteiger partial charge in [0.1, 0.15) is 6.61 Å². The zero-order valence-electron chi connectivity index (χ0n) is 9.51. The van der Waals surface area contributed by atoms with Gasteiger partial charge in [-0.25, -0.2) is 0 Å². The predicted octanol–water partition coefficient (Wildman–Crippen LogP) is 1.73. The predicted molar refractivity (Wildman–Crippen MR) is 56.8 cm³/mol. The molecule has 0 spiro atoms. The number of rotatable bonds is 9. The summed E-state index contributed by atoms with van der Waals surface area (Å²) < 4.78 is 25.5. The van der Waals surface area contributed by atoms with Gasteiger partial charge in [-0.2, -0.15) is 0 Å². The molecular weight excluding hydrogens is 219 g/mol. The van der Waals surface area contributed by atoms with Crippen molar-refractivity contribution < 1.29 is 23.5 Å². The molecule has 5 nitrogen and oxygen atoms in total. The van der Waals surface area contributed by atoms with Gasteiger partial charge in [-0.3, -0.25) is 0 Å². The first-order chi connectivity index (χ1) is 7.15. The van der Waals surface area contributed by atoms with Gasteiger partial charge < -0.3 is 9.84 Å².